The number of hydrogen-bond donors (Lipinski definition) is 1. The lowest BCUT2D eigenvalue weighted by Gasteiger charge is -2.54. The molecule has 0 aliphatic carbocycles. The Kier molecular flexibility index (Phi) is 5.50. The van der Waals surface area contributed by atoms with Gasteiger partial charge in [0, 0.05) is 32.6 Å². The molecule has 3 rings (SSSR count). The molecule has 2 aromatic carbocycles. The van der Waals surface area contributed by atoms with Crippen molar-refractivity contribution in [2.75, 3.05) is 20.6 Å². The molecule has 7 heteroatoms. The summed E-state index contributed by atoms with van der Waals surface area (Å²) >= 11 is 0. The molecular weight excluding hydrogens is 374 g/mol. The van der Waals surface area contributed by atoms with Crippen molar-refractivity contribution in [2.24, 2.45) is 5.41 Å². The van der Waals surface area contributed by atoms with Crippen molar-refractivity contribution in [1.29, 1.82) is 0 Å². The Labute approximate surface area is 167 Å². The standard InChI is InChI=1S/C21H27N3O3S/c1-21(2)15-24(19(21)16-10-6-5-7-11-16)20(25)22-14-17-12-8-9-13-18(17)28(26,27)23(3)4/h5-13,19H,14-15H2,1-4H3,(H,22,25). The zero-order valence-corrected chi connectivity index (χ0v) is 17.5. The topological polar surface area (TPSA) is 69.7 Å². The van der Waals surface area contributed by atoms with Gasteiger partial charge in [-0.25, -0.2) is 17.5 Å². The SMILES string of the molecule is CN(C)S(=O)(=O)c1ccccc1CNC(=O)N1CC(C)(C)C1c1ccccc1. The third-order valence-electron chi connectivity index (χ3n) is 5.17. The number of nitrogens with zero attached hydrogens (tertiary/aromatic N) is 2. The third kappa shape index (κ3) is 3.77. The number of amides is 2. The molecule has 1 aliphatic heterocycles. The summed E-state index contributed by atoms with van der Waals surface area (Å²) in [7, 11) is -0.577. The highest BCUT2D eigenvalue weighted by Crippen LogP contribution is 2.48. The molecule has 1 atom stereocenters. The summed E-state index contributed by atoms with van der Waals surface area (Å²) in [4.78, 5) is 14.8. The molecule has 1 aliphatic rings. The molecule has 1 unspecified atom stereocenters. The van der Waals surface area contributed by atoms with Gasteiger partial charge >= 0.3 is 6.03 Å². The van der Waals surface area contributed by atoms with Crippen LogP contribution in [0.5, 0.6) is 0 Å². The Bertz CT molecular complexity index is 956. The summed E-state index contributed by atoms with van der Waals surface area (Å²) in [6, 6.07) is 16.5. The van der Waals surface area contributed by atoms with Crippen molar-refractivity contribution in [3.05, 3.63) is 65.7 Å². The third-order valence-corrected chi connectivity index (χ3v) is 7.08. The van der Waals surface area contributed by atoms with Crippen molar-refractivity contribution in [3.63, 3.8) is 0 Å². The summed E-state index contributed by atoms with van der Waals surface area (Å²) in [6.45, 7) is 5.09. The maximum Gasteiger partial charge on any atom is 0.318 e. The fourth-order valence-electron chi connectivity index (χ4n) is 3.75. The molecule has 1 heterocycles. The average Bonchev–Trinajstić information content (AvgIpc) is 2.65. The van der Waals surface area contributed by atoms with Crippen molar-refractivity contribution < 1.29 is 13.2 Å². The maximum absolute atomic E-state index is 12.8. The smallest absolute Gasteiger partial charge is 0.318 e. The Hall–Kier alpha value is -2.38. The average molecular weight is 402 g/mol. The highest BCUT2D eigenvalue weighted by atomic mass is 32.2. The fraction of sp³-hybridized carbons (Fsp3) is 0.381. The van der Waals surface area contributed by atoms with Gasteiger partial charge in [-0.2, -0.15) is 0 Å². The molecule has 28 heavy (non-hydrogen) atoms. The predicted molar refractivity (Wildman–Crippen MR) is 109 cm³/mol. The number of rotatable bonds is 5. The summed E-state index contributed by atoms with van der Waals surface area (Å²) in [5.74, 6) is 0. The fourth-order valence-corrected chi connectivity index (χ4v) is 4.87. The molecule has 0 spiro atoms. The largest absolute Gasteiger partial charge is 0.334 e. The van der Waals surface area contributed by atoms with Crippen LogP contribution in [0.1, 0.15) is 31.0 Å². The second-order valence-corrected chi connectivity index (χ2v) is 10.1. The van der Waals surface area contributed by atoms with Crippen LogP contribution in [0.15, 0.2) is 59.5 Å². The zero-order chi connectivity index (χ0) is 20.5. The predicted octanol–water partition coefficient (Wildman–Crippen LogP) is 3.23. The Morgan fingerprint density at radius 3 is 2.32 bits per heavy atom. The molecule has 0 bridgehead atoms. The maximum atomic E-state index is 12.8. The minimum Gasteiger partial charge on any atom is -0.334 e. The summed E-state index contributed by atoms with van der Waals surface area (Å²) in [5.41, 5.74) is 1.66. The van der Waals surface area contributed by atoms with Crippen LogP contribution in [0.4, 0.5) is 4.79 Å². The Morgan fingerprint density at radius 1 is 1.11 bits per heavy atom. The molecule has 2 aromatic rings. The monoisotopic (exact) mass is 401 g/mol. The van der Waals surface area contributed by atoms with E-state index in [9.17, 15) is 13.2 Å². The quantitative estimate of drug-likeness (QED) is 0.836. The van der Waals surface area contributed by atoms with Gasteiger partial charge < -0.3 is 10.2 Å². The van der Waals surface area contributed by atoms with Crippen LogP contribution < -0.4 is 5.32 Å². The van der Waals surface area contributed by atoms with Gasteiger partial charge in [-0.1, -0.05) is 62.4 Å². The molecule has 0 radical (unpaired) electrons. The Balaban J connectivity index is 1.75. The van der Waals surface area contributed by atoms with E-state index in [1.807, 2.05) is 30.3 Å². The van der Waals surface area contributed by atoms with E-state index in [1.54, 1.807) is 29.2 Å². The minimum atomic E-state index is -3.57. The van der Waals surface area contributed by atoms with E-state index in [4.69, 9.17) is 0 Å². The normalized spacial score (nSPS) is 18.6. The van der Waals surface area contributed by atoms with Crippen LogP contribution in [0, 0.1) is 5.41 Å². The van der Waals surface area contributed by atoms with Gasteiger partial charge in [0.05, 0.1) is 10.9 Å². The van der Waals surface area contributed by atoms with Gasteiger partial charge in [0.2, 0.25) is 10.0 Å². The molecule has 2 amide bonds. The van der Waals surface area contributed by atoms with Gasteiger partial charge in [0.15, 0.2) is 0 Å². The summed E-state index contributed by atoms with van der Waals surface area (Å²) in [5, 5.41) is 2.89. The lowest BCUT2D eigenvalue weighted by atomic mass is 9.72. The molecular formula is C21H27N3O3S. The first-order valence-electron chi connectivity index (χ1n) is 9.24. The van der Waals surface area contributed by atoms with E-state index in [0.717, 1.165) is 5.56 Å². The van der Waals surface area contributed by atoms with E-state index in [0.29, 0.717) is 12.1 Å². The highest BCUT2D eigenvalue weighted by Gasteiger charge is 2.48. The van der Waals surface area contributed by atoms with Gasteiger partial charge in [0.25, 0.3) is 0 Å². The first-order valence-corrected chi connectivity index (χ1v) is 10.7. The van der Waals surface area contributed by atoms with Crippen LogP contribution in [-0.4, -0.2) is 44.3 Å². The number of nitrogens with one attached hydrogen (secondary N) is 1. The van der Waals surface area contributed by atoms with Crippen LogP contribution in [-0.2, 0) is 16.6 Å². The molecule has 0 aromatic heterocycles. The summed E-state index contributed by atoms with van der Waals surface area (Å²) in [6.07, 6.45) is 0. The van der Waals surface area contributed by atoms with Crippen molar-refractivity contribution >= 4 is 16.1 Å². The number of urea groups is 1. The second kappa shape index (κ2) is 7.56. The van der Waals surface area contributed by atoms with E-state index in [1.165, 1.54) is 18.4 Å². The lowest BCUT2D eigenvalue weighted by molar-refractivity contribution is -0.0166. The van der Waals surface area contributed by atoms with Crippen LogP contribution >= 0.6 is 0 Å². The van der Waals surface area contributed by atoms with Gasteiger partial charge in [0.1, 0.15) is 0 Å². The lowest BCUT2D eigenvalue weighted by Crippen LogP contribution is -2.60. The molecule has 1 fully saturated rings. The number of carbonyl (C=O) groups excluding carboxylic acids is 1. The summed E-state index contributed by atoms with van der Waals surface area (Å²) < 4.78 is 26.2. The number of hydrogen-bond acceptors (Lipinski definition) is 3. The number of likely N-dealkylation sites (tertiary alicyclic amines) is 1. The van der Waals surface area contributed by atoms with Crippen molar-refractivity contribution in [2.45, 2.75) is 31.3 Å². The molecule has 150 valence electrons. The second-order valence-electron chi connectivity index (χ2n) is 7.98. The van der Waals surface area contributed by atoms with Gasteiger partial charge in [-0.3, -0.25) is 0 Å². The Morgan fingerprint density at radius 2 is 1.71 bits per heavy atom. The van der Waals surface area contributed by atoms with Crippen LogP contribution in [0.2, 0.25) is 0 Å². The first-order chi connectivity index (χ1) is 13.1. The van der Waals surface area contributed by atoms with E-state index < -0.39 is 10.0 Å². The minimum absolute atomic E-state index is 0.00514. The number of benzene rings is 2. The van der Waals surface area contributed by atoms with E-state index in [-0.39, 0.29) is 28.9 Å². The molecule has 0 saturated carbocycles. The van der Waals surface area contributed by atoms with E-state index in [2.05, 4.69) is 19.2 Å². The highest BCUT2D eigenvalue weighted by molar-refractivity contribution is 7.89. The number of sulfonamides is 1. The van der Waals surface area contributed by atoms with Gasteiger partial charge in [-0.15, -0.1) is 0 Å². The molecule has 6 nitrogen and oxygen atoms in total. The molecule has 1 N–H and O–H groups in total. The van der Waals surface area contributed by atoms with Crippen LogP contribution in [0.25, 0.3) is 0 Å². The molecule has 1 saturated heterocycles. The first kappa shape index (κ1) is 20.4. The van der Waals surface area contributed by atoms with Crippen LogP contribution in [0.3, 0.4) is 0 Å². The van der Waals surface area contributed by atoms with E-state index >= 15 is 0 Å². The van der Waals surface area contributed by atoms with Crippen molar-refractivity contribution in [3.8, 4) is 0 Å². The van der Waals surface area contributed by atoms with Crippen molar-refractivity contribution in [1.82, 2.24) is 14.5 Å². The number of carbonyl (C=O) groups is 1. The zero-order valence-electron chi connectivity index (χ0n) is 16.7. The van der Waals surface area contributed by atoms with Gasteiger partial charge in [-0.05, 0) is 17.2 Å².